The van der Waals surface area contributed by atoms with Gasteiger partial charge in [0.05, 0.1) is 12.8 Å². The van der Waals surface area contributed by atoms with Crippen LogP contribution in [0.1, 0.15) is 12.5 Å². The van der Waals surface area contributed by atoms with E-state index in [4.69, 9.17) is 4.74 Å². The highest BCUT2D eigenvalue weighted by Gasteiger charge is 2.17. The van der Waals surface area contributed by atoms with E-state index in [0.717, 1.165) is 17.0 Å². The molecule has 1 unspecified atom stereocenters. The Kier molecular flexibility index (Phi) is 5.09. The third-order valence-corrected chi connectivity index (χ3v) is 3.97. The lowest BCUT2D eigenvalue weighted by Crippen LogP contribution is -2.24. The topological polar surface area (TPSA) is 69.0 Å². The minimum atomic E-state index is -0.200. The van der Waals surface area contributed by atoms with Gasteiger partial charge in [-0.2, -0.15) is 0 Å². The van der Waals surface area contributed by atoms with Crippen LogP contribution in [-0.2, 0) is 11.2 Å². The van der Waals surface area contributed by atoms with E-state index in [1.54, 1.807) is 18.0 Å². The van der Waals surface area contributed by atoms with Crippen molar-refractivity contribution in [2.75, 3.05) is 12.4 Å². The molecule has 1 heterocycles. The second-order valence-corrected chi connectivity index (χ2v) is 5.80. The van der Waals surface area contributed by atoms with Gasteiger partial charge in [0.25, 0.3) is 0 Å². The van der Waals surface area contributed by atoms with Gasteiger partial charge in [-0.05, 0) is 36.2 Å². The van der Waals surface area contributed by atoms with Gasteiger partial charge in [-0.1, -0.05) is 37.3 Å². The number of hydrogen-bond acceptors (Lipinski definition) is 4. The summed E-state index contributed by atoms with van der Waals surface area (Å²) in [4.78, 5) is 12.5. The predicted molar refractivity (Wildman–Crippen MR) is 95.9 cm³/mol. The molecule has 0 saturated carbocycles. The summed E-state index contributed by atoms with van der Waals surface area (Å²) in [5.74, 6) is 0.921. The van der Waals surface area contributed by atoms with Gasteiger partial charge in [0.1, 0.15) is 12.1 Å². The first kappa shape index (κ1) is 16.7. The van der Waals surface area contributed by atoms with Crippen LogP contribution < -0.4 is 10.1 Å². The number of benzene rings is 2. The summed E-state index contributed by atoms with van der Waals surface area (Å²) in [6, 6.07) is 17.4. The molecule has 6 nitrogen and oxygen atoms in total. The summed E-state index contributed by atoms with van der Waals surface area (Å²) >= 11 is 0. The largest absolute Gasteiger partial charge is 0.497 e. The molecule has 0 fully saturated rings. The van der Waals surface area contributed by atoms with Gasteiger partial charge in [0, 0.05) is 5.92 Å². The van der Waals surface area contributed by atoms with Crippen molar-refractivity contribution in [2.45, 2.75) is 13.3 Å². The predicted octanol–water partition coefficient (Wildman–Crippen LogP) is 3.09. The van der Waals surface area contributed by atoms with Gasteiger partial charge < -0.3 is 4.74 Å². The number of hydrogen-bond donors (Lipinski definition) is 1. The summed E-state index contributed by atoms with van der Waals surface area (Å²) in [6.07, 6.45) is 2.22. The first-order chi connectivity index (χ1) is 12.2. The normalized spacial score (nSPS) is 11.8. The van der Waals surface area contributed by atoms with E-state index in [-0.39, 0.29) is 11.8 Å². The maximum absolute atomic E-state index is 12.5. The average Bonchev–Trinajstić information content (AvgIpc) is 3.11. The first-order valence-corrected chi connectivity index (χ1v) is 8.06. The molecule has 2 aromatic carbocycles. The monoisotopic (exact) mass is 336 g/mol. The number of aromatic nitrogens is 3. The number of rotatable bonds is 6. The third-order valence-electron chi connectivity index (χ3n) is 3.97. The molecule has 128 valence electrons. The quantitative estimate of drug-likeness (QED) is 0.751. The molecule has 0 aliphatic heterocycles. The summed E-state index contributed by atoms with van der Waals surface area (Å²) in [5, 5.41) is 10.8. The van der Waals surface area contributed by atoms with Gasteiger partial charge in [0.15, 0.2) is 0 Å². The Morgan fingerprint density at radius 1 is 1.16 bits per heavy atom. The van der Waals surface area contributed by atoms with Gasteiger partial charge in [0.2, 0.25) is 11.9 Å². The molecule has 0 aliphatic carbocycles. The van der Waals surface area contributed by atoms with Crippen LogP contribution in [0.25, 0.3) is 5.69 Å². The maximum atomic E-state index is 12.5. The molecule has 1 N–H and O–H groups in total. The van der Waals surface area contributed by atoms with Crippen molar-refractivity contribution in [3.63, 3.8) is 0 Å². The SMILES string of the molecule is COc1ccc(CC(C)C(=O)Nc2nncn2-c2ccccc2)cc1. The number of nitrogens with one attached hydrogen (secondary N) is 1. The van der Waals surface area contributed by atoms with Crippen molar-refractivity contribution < 1.29 is 9.53 Å². The van der Waals surface area contributed by atoms with Crippen LogP contribution in [-0.4, -0.2) is 27.8 Å². The Balaban J connectivity index is 1.67. The number of para-hydroxylation sites is 1. The average molecular weight is 336 g/mol. The van der Waals surface area contributed by atoms with Crippen LogP contribution in [0.15, 0.2) is 60.9 Å². The molecule has 3 rings (SSSR count). The molecule has 3 aromatic rings. The van der Waals surface area contributed by atoms with Crippen molar-refractivity contribution in [2.24, 2.45) is 5.92 Å². The van der Waals surface area contributed by atoms with Crippen LogP contribution in [0.5, 0.6) is 5.75 Å². The number of ether oxygens (including phenoxy) is 1. The van der Waals surface area contributed by atoms with E-state index >= 15 is 0 Å². The van der Waals surface area contributed by atoms with E-state index in [0.29, 0.717) is 12.4 Å². The van der Waals surface area contributed by atoms with Gasteiger partial charge in [-0.3, -0.25) is 14.7 Å². The summed E-state index contributed by atoms with van der Waals surface area (Å²) in [7, 11) is 1.63. The summed E-state index contributed by atoms with van der Waals surface area (Å²) in [6.45, 7) is 1.89. The van der Waals surface area contributed by atoms with Crippen molar-refractivity contribution in [3.8, 4) is 11.4 Å². The molecule has 0 aliphatic rings. The van der Waals surface area contributed by atoms with E-state index in [1.165, 1.54) is 0 Å². The van der Waals surface area contributed by atoms with Crippen LogP contribution in [0, 0.1) is 5.92 Å². The Morgan fingerprint density at radius 2 is 1.88 bits per heavy atom. The van der Waals surface area contributed by atoms with Crippen LogP contribution >= 0.6 is 0 Å². The second-order valence-electron chi connectivity index (χ2n) is 5.80. The van der Waals surface area contributed by atoms with Crippen LogP contribution in [0.3, 0.4) is 0 Å². The first-order valence-electron chi connectivity index (χ1n) is 8.06. The van der Waals surface area contributed by atoms with Crippen molar-refractivity contribution in [1.82, 2.24) is 14.8 Å². The molecule has 0 saturated heterocycles. The van der Waals surface area contributed by atoms with E-state index < -0.39 is 0 Å². The van der Waals surface area contributed by atoms with Crippen molar-refractivity contribution in [3.05, 3.63) is 66.5 Å². The molecule has 0 spiro atoms. The highest BCUT2D eigenvalue weighted by Crippen LogP contribution is 2.17. The molecule has 6 heteroatoms. The molecule has 1 amide bonds. The Morgan fingerprint density at radius 3 is 2.56 bits per heavy atom. The van der Waals surface area contributed by atoms with E-state index in [1.807, 2.05) is 61.5 Å². The Bertz CT molecular complexity index is 828. The molecule has 0 bridgehead atoms. The molecular weight excluding hydrogens is 316 g/mol. The number of nitrogens with zero attached hydrogens (tertiary/aromatic N) is 3. The molecule has 1 atom stereocenters. The van der Waals surface area contributed by atoms with Gasteiger partial charge >= 0.3 is 0 Å². The van der Waals surface area contributed by atoms with Crippen molar-refractivity contribution >= 4 is 11.9 Å². The van der Waals surface area contributed by atoms with Crippen LogP contribution in [0.4, 0.5) is 5.95 Å². The number of carbonyl (C=O) groups excluding carboxylic acids is 1. The van der Waals surface area contributed by atoms with E-state index in [9.17, 15) is 4.79 Å². The summed E-state index contributed by atoms with van der Waals surface area (Å²) in [5.41, 5.74) is 1.97. The summed E-state index contributed by atoms with van der Waals surface area (Å²) < 4.78 is 6.90. The fraction of sp³-hybridized carbons (Fsp3) is 0.211. The molecule has 25 heavy (non-hydrogen) atoms. The minimum Gasteiger partial charge on any atom is -0.497 e. The van der Waals surface area contributed by atoms with Crippen LogP contribution in [0.2, 0.25) is 0 Å². The highest BCUT2D eigenvalue weighted by atomic mass is 16.5. The minimum absolute atomic E-state index is 0.0963. The Labute approximate surface area is 146 Å². The molecule has 1 aromatic heterocycles. The zero-order valence-electron chi connectivity index (χ0n) is 14.2. The zero-order chi connectivity index (χ0) is 17.6. The fourth-order valence-corrected chi connectivity index (χ4v) is 2.54. The Hall–Kier alpha value is -3.15. The lowest BCUT2D eigenvalue weighted by Gasteiger charge is -2.13. The second kappa shape index (κ2) is 7.61. The lowest BCUT2D eigenvalue weighted by molar-refractivity contribution is -0.119. The standard InChI is InChI=1S/C19H20N4O2/c1-14(12-15-8-10-17(25-2)11-9-15)18(24)21-19-22-20-13-23(19)16-6-4-3-5-7-16/h3-11,13-14H,12H2,1-2H3,(H,21,22,24). The van der Waals surface area contributed by atoms with Gasteiger partial charge in [-0.25, -0.2) is 0 Å². The number of carbonyl (C=O) groups is 1. The smallest absolute Gasteiger partial charge is 0.235 e. The number of anilines is 1. The zero-order valence-corrected chi connectivity index (χ0v) is 14.2. The third kappa shape index (κ3) is 4.03. The molecular formula is C19H20N4O2. The number of methoxy groups -OCH3 is 1. The fourth-order valence-electron chi connectivity index (χ4n) is 2.54. The lowest BCUT2D eigenvalue weighted by atomic mass is 10.0. The highest BCUT2D eigenvalue weighted by molar-refractivity contribution is 5.91. The van der Waals surface area contributed by atoms with E-state index in [2.05, 4.69) is 15.5 Å². The number of amides is 1. The maximum Gasteiger partial charge on any atom is 0.235 e. The van der Waals surface area contributed by atoms with Crippen molar-refractivity contribution in [1.29, 1.82) is 0 Å². The van der Waals surface area contributed by atoms with Gasteiger partial charge in [-0.15, -0.1) is 10.2 Å². The molecule has 0 radical (unpaired) electrons.